The molecule has 5 heteroatoms. The molecular weight excluding hydrogens is 279 g/mol. The van der Waals surface area contributed by atoms with Gasteiger partial charge in [0, 0.05) is 5.56 Å². The van der Waals surface area contributed by atoms with Crippen LogP contribution in [0.3, 0.4) is 0 Å². The summed E-state index contributed by atoms with van der Waals surface area (Å²) in [5.41, 5.74) is 4.55. The number of fused-ring (bicyclic) bond motifs is 1. The summed E-state index contributed by atoms with van der Waals surface area (Å²) in [6.45, 7) is 5.83. The molecule has 0 N–H and O–H groups in total. The molecular formula is C17H17FN4. The van der Waals surface area contributed by atoms with Gasteiger partial charge in [-0.3, -0.25) is 0 Å². The standard InChI is InChI=1S/C17H17FN4/c1-4-5-12-6-7-13(14(18)8-12)15-16-17(20-9-19-15)22-11(3)10(2)21-16/h6-9H,4-5H2,1-3H3. The topological polar surface area (TPSA) is 51.6 Å². The highest BCUT2D eigenvalue weighted by Crippen LogP contribution is 2.27. The van der Waals surface area contributed by atoms with Crippen LogP contribution in [0.25, 0.3) is 22.4 Å². The molecule has 0 saturated heterocycles. The summed E-state index contributed by atoms with van der Waals surface area (Å²) in [6.07, 6.45) is 3.25. The molecule has 4 nitrogen and oxygen atoms in total. The molecule has 3 rings (SSSR count). The van der Waals surface area contributed by atoms with Crippen molar-refractivity contribution in [1.29, 1.82) is 0 Å². The predicted molar refractivity (Wildman–Crippen MR) is 84.0 cm³/mol. The van der Waals surface area contributed by atoms with Gasteiger partial charge in [-0.25, -0.2) is 24.3 Å². The van der Waals surface area contributed by atoms with Crippen LogP contribution in [0.2, 0.25) is 0 Å². The zero-order chi connectivity index (χ0) is 15.7. The highest BCUT2D eigenvalue weighted by Gasteiger charge is 2.14. The van der Waals surface area contributed by atoms with Crippen LogP contribution in [0.5, 0.6) is 0 Å². The van der Waals surface area contributed by atoms with Gasteiger partial charge in [-0.05, 0) is 38.0 Å². The van der Waals surface area contributed by atoms with E-state index >= 15 is 0 Å². The van der Waals surface area contributed by atoms with Crippen LogP contribution in [0.15, 0.2) is 24.5 Å². The zero-order valence-corrected chi connectivity index (χ0v) is 12.9. The normalized spacial score (nSPS) is 11.1. The van der Waals surface area contributed by atoms with Crippen LogP contribution in [0, 0.1) is 19.7 Å². The van der Waals surface area contributed by atoms with Gasteiger partial charge in [-0.2, -0.15) is 0 Å². The molecule has 0 atom stereocenters. The predicted octanol–water partition coefficient (Wildman–Crippen LogP) is 3.80. The van der Waals surface area contributed by atoms with Gasteiger partial charge in [0.25, 0.3) is 0 Å². The van der Waals surface area contributed by atoms with Gasteiger partial charge >= 0.3 is 0 Å². The Labute approximate surface area is 128 Å². The number of rotatable bonds is 3. The number of hydrogen-bond acceptors (Lipinski definition) is 4. The summed E-state index contributed by atoms with van der Waals surface area (Å²) in [5.74, 6) is -0.286. The minimum absolute atomic E-state index is 0.286. The molecule has 0 aliphatic rings. The Morgan fingerprint density at radius 1 is 1.05 bits per heavy atom. The van der Waals surface area contributed by atoms with Crippen LogP contribution >= 0.6 is 0 Å². The molecule has 0 unspecified atom stereocenters. The summed E-state index contributed by atoms with van der Waals surface area (Å²) in [6, 6.07) is 5.27. The highest BCUT2D eigenvalue weighted by atomic mass is 19.1. The Bertz CT molecular complexity index is 845. The van der Waals surface area contributed by atoms with Crippen LogP contribution < -0.4 is 0 Å². The van der Waals surface area contributed by atoms with Crippen LogP contribution in [-0.4, -0.2) is 19.9 Å². The lowest BCUT2D eigenvalue weighted by molar-refractivity contribution is 0.628. The van der Waals surface area contributed by atoms with E-state index in [-0.39, 0.29) is 5.82 Å². The second-order valence-electron chi connectivity index (χ2n) is 5.35. The summed E-state index contributed by atoms with van der Waals surface area (Å²) < 4.78 is 14.5. The summed E-state index contributed by atoms with van der Waals surface area (Å²) >= 11 is 0. The van der Waals surface area contributed by atoms with Gasteiger partial charge in [-0.1, -0.05) is 19.4 Å². The number of nitrogens with zero attached hydrogens (tertiary/aromatic N) is 4. The quantitative estimate of drug-likeness (QED) is 0.737. The van der Waals surface area contributed by atoms with Gasteiger partial charge in [0.05, 0.1) is 11.4 Å². The average Bonchev–Trinajstić information content (AvgIpc) is 2.49. The lowest BCUT2D eigenvalue weighted by Crippen LogP contribution is -2.00. The minimum atomic E-state index is -0.286. The number of halogens is 1. The van der Waals surface area contributed by atoms with E-state index in [0.717, 1.165) is 29.8 Å². The third-order valence-corrected chi connectivity index (χ3v) is 3.71. The molecule has 112 valence electrons. The monoisotopic (exact) mass is 296 g/mol. The molecule has 2 heterocycles. The summed E-state index contributed by atoms with van der Waals surface area (Å²) in [5, 5.41) is 0. The number of benzene rings is 1. The fourth-order valence-corrected chi connectivity index (χ4v) is 2.43. The lowest BCUT2D eigenvalue weighted by Gasteiger charge is -2.08. The van der Waals surface area contributed by atoms with Crippen LogP contribution in [0.4, 0.5) is 4.39 Å². The maximum Gasteiger partial charge on any atom is 0.182 e. The fraction of sp³-hybridized carbons (Fsp3) is 0.294. The first-order chi connectivity index (χ1) is 10.6. The SMILES string of the molecule is CCCc1ccc(-c2ncnc3nc(C)c(C)nc23)c(F)c1. The first-order valence-electron chi connectivity index (χ1n) is 7.35. The molecule has 0 saturated carbocycles. The Kier molecular flexibility index (Phi) is 3.79. The van der Waals surface area contributed by atoms with E-state index in [4.69, 9.17) is 0 Å². The molecule has 0 bridgehead atoms. The third kappa shape index (κ3) is 2.54. The van der Waals surface area contributed by atoms with E-state index < -0.39 is 0 Å². The molecule has 0 spiro atoms. The minimum Gasteiger partial charge on any atom is -0.246 e. The van der Waals surface area contributed by atoms with Crippen molar-refractivity contribution in [3.8, 4) is 11.3 Å². The smallest absolute Gasteiger partial charge is 0.182 e. The molecule has 0 aliphatic heterocycles. The largest absolute Gasteiger partial charge is 0.246 e. The van der Waals surface area contributed by atoms with E-state index in [1.54, 1.807) is 12.1 Å². The van der Waals surface area contributed by atoms with E-state index in [1.807, 2.05) is 19.9 Å². The van der Waals surface area contributed by atoms with Gasteiger partial charge in [0.15, 0.2) is 5.65 Å². The second kappa shape index (κ2) is 5.75. The van der Waals surface area contributed by atoms with Crippen molar-refractivity contribution in [2.24, 2.45) is 0 Å². The maximum atomic E-state index is 14.5. The molecule has 0 radical (unpaired) electrons. The van der Waals surface area contributed by atoms with Gasteiger partial charge in [0.1, 0.15) is 23.4 Å². The van der Waals surface area contributed by atoms with Crippen molar-refractivity contribution >= 4 is 11.2 Å². The van der Waals surface area contributed by atoms with Crippen molar-refractivity contribution in [3.05, 3.63) is 47.3 Å². The summed E-state index contributed by atoms with van der Waals surface area (Å²) in [4.78, 5) is 17.3. The third-order valence-electron chi connectivity index (χ3n) is 3.71. The molecule has 0 fully saturated rings. The Morgan fingerprint density at radius 2 is 1.82 bits per heavy atom. The van der Waals surface area contributed by atoms with Crippen molar-refractivity contribution in [2.75, 3.05) is 0 Å². The van der Waals surface area contributed by atoms with Crippen molar-refractivity contribution in [1.82, 2.24) is 19.9 Å². The van der Waals surface area contributed by atoms with Gasteiger partial charge in [0.2, 0.25) is 0 Å². The van der Waals surface area contributed by atoms with E-state index in [2.05, 4.69) is 26.9 Å². The highest BCUT2D eigenvalue weighted by molar-refractivity contribution is 5.86. The molecule has 3 aromatic rings. The Hall–Kier alpha value is -2.43. The number of aryl methyl sites for hydroxylation is 3. The average molecular weight is 296 g/mol. The molecule has 2 aromatic heterocycles. The molecule has 22 heavy (non-hydrogen) atoms. The molecule has 1 aromatic carbocycles. The number of hydrogen-bond donors (Lipinski definition) is 0. The first-order valence-corrected chi connectivity index (χ1v) is 7.35. The van der Waals surface area contributed by atoms with Gasteiger partial charge < -0.3 is 0 Å². The van der Waals surface area contributed by atoms with Crippen LogP contribution in [-0.2, 0) is 6.42 Å². The Morgan fingerprint density at radius 3 is 2.55 bits per heavy atom. The molecule has 0 aliphatic carbocycles. The lowest BCUT2D eigenvalue weighted by atomic mass is 10.0. The summed E-state index contributed by atoms with van der Waals surface area (Å²) in [7, 11) is 0. The molecule has 0 amide bonds. The number of aromatic nitrogens is 4. The van der Waals surface area contributed by atoms with Gasteiger partial charge in [-0.15, -0.1) is 0 Å². The second-order valence-corrected chi connectivity index (χ2v) is 5.35. The first kappa shape index (κ1) is 14.5. The van der Waals surface area contributed by atoms with E-state index in [0.29, 0.717) is 22.4 Å². The van der Waals surface area contributed by atoms with Crippen molar-refractivity contribution in [2.45, 2.75) is 33.6 Å². The maximum absolute atomic E-state index is 14.5. The van der Waals surface area contributed by atoms with E-state index in [9.17, 15) is 4.39 Å². The van der Waals surface area contributed by atoms with Crippen molar-refractivity contribution in [3.63, 3.8) is 0 Å². The van der Waals surface area contributed by atoms with Crippen molar-refractivity contribution < 1.29 is 4.39 Å². The van der Waals surface area contributed by atoms with Crippen LogP contribution in [0.1, 0.15) is 30.3 Å². The fourth-order valence-electron chi connectivity index (χ4n) is 2.43. The zero-order valence-electron chi connectivity index (χ0n) is 12.9. The van der Waals surface area contributed by atoms with E-state index in [1.165, 1.54) is 6.33 Å². The Balaban J connectivity index is 2.20.